The maximum absolute atomic E-state index is 12.4. The molecule has 0 saturated carbocycles. The number of carbonyl (C=O) groups is 2. The average Bonchev–Trinajstić information content (AvgIpc) is 2.50. The molecule has 1 aromatic rings. The van der Waals surface area contributed by atoms with Crippen molar-refractivity contribution in [2.45, 2.75) is 45.6 Å². The Morgan fingerprint density at radius 3 is 2.62 bits per heavy atom. The summed E-state index contributed by atoms with van der Waals surface area (Å²) in [4.78, 5) is 23.7. The third-order valence-electron chi connectivity index (χ3n) is 4.49. The molecule has 2 rings (SSSR count). The molecule has 0 aromatic heterocycles. The molecule has 0 aliphatic heterocycles. The van der Waals surface area contributed by atoms with Crippen molar-refractivity contribution in [1.82, 2.24) is 5.32 Å². The Morgan fingerprint density at radius 1 is 1.33 bits per heavy atom. The number of rotatable bonds is 5. The molecule has 0 radical (unpaired) electrons. The van der Waals surface area contributed by atoms with Crippen molar-refractivity contribution in [2.24, 2.45) is 11.8 Å². The van der Waals surface area contributed by atoms with E-state index in [9.17, 15) is 14.7 Å². The van der Waals surface area contributed by atoms with Gasteiger partial charge in [-0.05, 0) is 36.3 Å². The van der Waals surface area contributed by atoms with Gasteiger partial charge in [0.1, 0.15) is 6.04 Å². The first-order valence-corrected chi connectivity index (χ1v) is 7.62. The molecule has 4 heteroatoms. The number of hydrogen-bond acceptors (Lipinski definition) is 2. The number of fused-ring (bicyclic) bond motifs is 1. The zero-order chi connectivity index (χ0) is 15.4. The monoisotopic (exact) mass is 289 g/mol. The maximum atomic E-state index is 12.4. The van der Waals surface area contributed by atoms with Gasteiger partial charge in [-0.15, -0.1) is 0 Å². The average molecular weight is 289 g/mol. The van der Waals surface area contributed by atoms with Gasteiger partial charge in [-0.3, -0.25) is 4.79 Å². The minimum atomic E-state index is -0.950. The normalized spacial score (nSPS) is 20.2. The van der Waals surface area contributed by atoms with Crippen molar-refractivity contribution < 1.29 is 14.7 Å². The van der Waals surface area contributed by atoms with Crippen LogP contribution in [0.3, 0.4) is 0 Å². The van der Waals surface area contributed by atoms with E-state index in [1.807, 2.05) is 26.0 Å². The van der Waals surface area contributed by atoms with E-state index in [1.165, 1.54) is 11.1 Å². The molecule has 2 unspecified atom stereocenters. The first kappa shape index (κ1) is 15.5. The number of carboxylic acid groups (broad SMARTS) is 1. The number of hydrogen-bond donors (Lipinski definition) is 2. The summed E-state index contributed by atoms with van der Waals surface area (Å²) in [5.74, 6) is -1.26. The molecule has 114 valence electrons. The second-order valence-corrected chi connectivity index (χ2v) is 5.92. The molecular formula is C17H23NO3. The largest absolute Gasteiger partial charge is 0.480 e. The Balaban J connectivity index is 2.03. The van der Waals surface area contributed by atoms with Crippen molar-refractivity contribution >= 4 is 11.9 Å². The molecule has 3 atom stereocenters. The molecule has 21 heavy (non-hydrogen) atoms. The summed E-state index contributed by atoms with van der Waals surface area (Å²) >= 11 is 0. The Bertz CT molecular complexity index is 527. The van der Waals surface area contributed by atoms with Gasteiger partial charge in [0.05, 0.1) is 0 Å². The summed E-state index contributed by atoms with van der Waals surface area (Å²) in [6, 6.07) is 7.36. The highest BCUT2D eigenvalue weighted by atomic mass is 16.4. The zero-order valence-electron chi connectivity index (χ0n) is 12.6. The topological polar surface area (TPSA) is 66.4 Å². The second-order valence-electron chi connectivity index (χ2n) is 5.92. The molecule has 4 nitrogen and oxygen atoms in total. The van der Waals surface area contributed by atoms with Crippen molar-refractivity contribution in [3.05, 3.63) is 35.4 Å². The predicted octanol–water partition coefficient (Wildman–Crippen LogP) is 2.41. The van der Waals surface area contributed by atoms with Crippen LogP contribution < -0.4 is 5.32 Å². The van der Waals surface area contributed by atoms with E-state index < -0.39 is 12.0 Å². The molecule has 0 fully saturated rings. The van der Waals surface area contributed by atoms with Gasteiger partial charge in [0.25, 0.3) is 0 Å². The number of aliphatic carboxylic acids is 1. The van der Waals surface area contributed by atoms with Crippen LogP contribution in [0, 0.1) is 11.8 Å². The van der Waals surface area contributed by atoms with Crippen LogP contribution in [0.4, 0.5) is 0 Å². The van der Waals surface area contributed by atoms with Crippen molar-refractivity contribution in [3.8, 4) is 0 Å². The Labute approximate surface area is 125 Å². The SMILES string of the molecule is CCC(C)[C@H](NC(=O)C1CCc2ccccc2C1)C(=O)O. The van der Waals surface area contributed by atoms with Crippen LogP contribution in [0.25, 0.3) is 0 Å². The van der Waals surface area contributed by atoms with Gasteiger partial charge >= 0.3 is 5.97 Å². The fourth-order valence-electron chi connectivity index (χ4n) is 2.88. The predicted molar refractivity (Wildman–Crippen MR) is 81.0 cm³/mol. The number of amides is 1. The van der Waals surface area contributed by atoms with Crippen molar-refractivity contribution in [1.29, 1.82) is 0 Å². The first-order valence-electron chi connectivity index (χ1n) is 7.62. The Kier molecular flexibility index (Phi) is 4.99. The van der Waals surface area contributed by atoms with Gasteiger partial charge in [-0.1, -0.05) is 44.5 Å². The van der Waals surface area contributed by atoms with E-state index in [4.69, 9.17) is 0 Å². The van der Waals surface area contributed by atoms with Gasteiger partial charge in [-0.2, -0.15) is 0 Å². The lowest BCUT2D eigenvalue weighted by molar-refractivity contribution is -0.144. The third-order valence-corrected chi connectivity index (χ3v) is 4.49. The molecule has 2 N–H and O–H groups in total. The highest BCUT2D eigenvalue weighted by molar-refractivity contribution is 5.85. The summed E-state index contributed by atoms with van der Waals surface area (Å²) in [5, 5.41) is 12.0. The number of nitrogens with one attached hydrogen (secondary N) is 1. The van der Waals surface area contributed by atoms with Gasteiger partial charge in [0.2, 0.25) is 5.91 Å². The highest BCUT2D eigenvalue weighted by Gasteiger charge is 2.30. The number of benzene rings is 1. The summed E-state index contributed by atoms with van der Waals surface area (Å²) in [7, 11) is 0. The van der Waals surface area contributed by atoms with Crippen molar-refractivity contribution in [2.75, 3.05) is 0 Å². The smallest absolute Gasteiger partial charge is 0.326 e. The lowest BCUT2D eigenvalue weighted by atomic mass is 9.83. The molecule has 1 aromatic carbocycles. The minimum Gasteiger partial charge on any atom is -0.480 e. The van der Waals surface area contributed by atoms with E-state index in [2.05, 4.69) is 17.4 Å². The van der Waals surface area contributed by atoms with Crippen LogP contribution in [0.2, 0.25) is 0 Å². The second kappa shape index (κ2) is 6.74. The molecular weight excluding hydrogens is 266 g/mol. The summed E-state index contributed by atoms with van der Waals surface area (Å²) in [6.45, 7) is 3.79. The lowest BCUT2D eigenvalue weighted by Gasteiger charge is -2.27. The molecule has 0 heterocycles. The fourth-order valence-corrected chi connectivity index (χ4v) is 2.88. The van der Waals surface area contributed by atoms with E-state index >= 15 is 0 Å². The van der Waals surface area contributed by atoms with Gasteiger partial charge in [0, 0.05) is 5.92 Å². The Hall–Kier alpha value is -1.84. The van der Waals surface area contributed by atoms with Crippen LogP contribution in [0.5, 0.6) is 0 Å². The Morgan fingerprint density at radius 2 is 2.00 bits per heavy atom. The summed E-state index contributed by atoms with van der Waals surface area (Å²) in [6.07, 6.45) is 3.10. The quantitative estimate of drug-likeness (QED) is 0.874. The zero-order valence-corrected chi connectivity index (χ0v) is 12.6. The first-order chi connectivity index (χ1) is 10.0. The molecule has 1 amide bonds. The van der Waals surface area contributed by atoms with E-state index in [-0.39, 0.29) is 17.7 Å². The standard InChI is InChI=1S/C17H23NO3/c1-3-11(2)15(17(20)21)18-16(19)14-9-8-12-6-4-5-7-13(12)10-14/h4-7,11,14-15H,3,8-10H2,1-2H3,(H,18,19)(H,20,21)/t11?,14?,15-/m0/s1. The lowest BCUT2D eigenvalue weighted by Crippen LogP contribution is -2.48. The highest BCUT2D eigenvalue weighted by Crippen LogP contribution is 2.25. The molecule has 0 spiro atoms. The molecule has 1 aliphatic carbocycles. The van der Waals surface area contributed by atoms with Crippen LogP contribution in [-0.4, -0.2) is 23.0 Å². The fraction of sp³-hybridized carbons (Fsp3) is 0.529. The number of aryl methyl sites for hydroxylation is 1. The van der Waals surface area contributed by atoms with Crippen LogP contribution in [0.1, 0.15) is 37.8 Å². The molecule has 0 saturated heterocycles. The van der Waals surface area contributed by atoms with Gasteiger partial charge < -0.3 is 10.4 Å². The van der Waals surface area contributed by atoms with Crippen molar-refractivity contribution in [3.63, 3.8) is 0 Å². The van der Waals surface area contributed by atoms with Crippen LogP contribution in [0.15, 0.2) is 24.3 Å². The van der Waals surface area contributed by atoms with E-state index in [1.54, 1.807) is 0 Å². The maximum Gasteiger partial charge on any atom is 0.326 e. The summed E-state index contributed by atoms with van der Waals surface area (Å²) < 4.78 is 0. The summed E-state index contributed by atoms with van der Waals surface area (Å²) in [5.41, 5.74) is 2.51. The van der Waals surface area contributed by atoms with E-state index in [0.717, 1.165) is 19.3 Å². The van der Waals surface area contributed by atoms with Gasteiger partial charge in [-0.25, -0.2) is 4.79 Å². The number of carbonyl (C=O) groups excluding carboxylic acids is 1. The van der Waals surface area contributed by atoms with E-state index in [0.29, 0.717) is 6.42 Å². The molecule has 1 aliphatic rings. The van der Waals surface area contributed by atoms with Crippen LogP contribution >= 0.6 is 0 Å². The minimum absolute atomic E-state index is 0.0673. The number of carboxylic acids is 1. The third kappa shape index (κ3) is 3.63. The van der Waals surface area contributed by atoms with Crippen LogP contribution in [-0.2, 0) is 22.4 Å². The molecule has 0 bridgehead atoms. The van der Waals surface area contributed by atoms with Gasteiger partial charge in [0.15, 0.2) is 0 Å².